The van der Waals surface area contributed by atoms with Crippen LogP contribution in [0.1, 0.15) is 44.3 Å². The van der Waals surface area contributed by atoms with Crippen LogP contribution in [0.4, 0.5) is 4.39 Å². The van der Waals surface area contributed by atoms with E-state index in [4.69, 9.17) is 21.1 Å². The quantitative estimate of drug-likeness (QED) is 0.575. The molecule has 0 aliphatic heterocycles. The Kier molecular flexibility index (Phi) is 6.98. The molecule has 2 aromatic rings. The zero-order valence-corrected chi connectivity index (χ0v) is 17.9. The molecule has 2 aliphatic carbocycles. The number of nitrogens with zero attached hydrogens (tertiary/aromatic N) is 1. The normalized spacial score (nSPS) is 22.1. The molecule has 0 unspecified atom stereocenters. The van der Waals surface area contributed by atoms with E-state index in [1.54, 1.807) is 17.8 Å². The van der Waals surface area contributed by atoms with E-state index >= 15 is 0 Å². The Morgan fingerprint density at radius 1 is 1.21 bits per heavy atom. The lowest BCUT2D eigenvalue weighted by atomic mass is 9.97. The summed E-state index contributed by atoms with van der Waals surface area (Å²) in [6.45, 7) is 1.20. The molecular weight excluding hydrogens is 415 g/mol. The number of nitrogens with one attached hydrogen (secondary N) is 1. The zero-order valence-electron chi connectivity index (χ0n) is 16.3. The first-order valence-electron chi connectivity index (χ1n) is 10.3. The van der Waals surface area contributed by atoms with Crippen LogP contribution in [0, 0.1) is 11.7 Å². The largest absolute Gasteiger partial charge is 0.493 e. The first kappa shape index (κ1) is 20.9. The minimum Gasteiger partial charge on any atom is -0.493 e. The van der Waals surface area contributed by atoms with Crippen molar-refractivity contribution in [3.05, 3.63) is 34.1 Å². The molecule has 8 heteroatoms. The monoisotopic (exact) mass is 440 g/mol. The Balaban J connectivity index is 1.39. The number of alkyl halides is 1. The summed E-state index contributed by atoms with van der Waals surface area (Å²) in [7, 11) is 0. The van der Waals surface area contributed by atoms with Gasteiger partial charge in [0, 0.05) is 23.3 Å². The SMILES string of the molecule is O=c1[nH]c(CS[C@H]2CC[C@H](OCCCl)CC2)nc2cc(OCC3CC3)cc(F)c12. The number of benzene rings is 1. The Morgan fingerprint density at radius 3 is 2.72 bits per heavy atom. The number of fused-ring (bicyclic) bond motifs is 1. The number of aromatic nitrogens is 2. The van der Waals surface area contributed by atoms with Crippen LogP contribution < -0.4 is 10.3 Å². The molecule has 1 aromatic carbocycles. The minimum atomic E-state index is -0.587. The van der Waals surface area contributed by atoms with Gasteiger partial charge in [-0.15, -0.1) is 11.6 Å². The molecule has 4 rings (SSSR count). The van der Waals surface area contributed by atoms with Gasteiger partial charge in [-0.2, -0.15) is 11.8 Å². The van der Waals surface area contributed by atoms with Gasteiger partial charge in [0.1, 0.15) is 22.8 Å². The number of rotatable bonds is 9. The van der Waals surface area contributed by atoms with Crippen LogP contribution >= 0.6 is 23.4 Å². The van der Waals surface area contributed by atoms with Crippen molar-refractivity contribution < 1.29 is 13.9 Å². The lowest BCUT2D eigenvalue weighted by Gasteiger charge is -2.27. The number of aromatic amines is 1. The molecule has 2 aliphatic rings. The number of halogens is 2. The van der Waals surface area contributed by atoms with Crippen molar-refractivity contribution >= 4 is 34.3 Å². The molecule has 2 saturated carbocycles. The van der Waals surface area contributed by atoms with E-state index in [0.717, 1.165) is 38.5 Å². The highest BCUT2D eigenvalue weighted by Gasteiger charge is 2.23. The summed E-state index contributed by atoms with van der Waals surface area (Å²) < 4.78 is 25.8. The van der Waals surface area contributed by atoms with Gasteiger partial charge in [-0.1, -0.05) is 0 Å². The van der Waals surface area contributed by atoms with E-state index in [1.165, 1.54) is 6.07 Å². The summed E-state index contributed by atoms with van der Waals surface area (Å²) in [5.41, 5.74) is -0.0802. The molecule has 1 heterocycles. The predicted octanol–water partition coefficient (Wildman–Crippen LogP) is 4.65. The molecular formula is C21H26ClFN2O3S. The van der Waals surface area contributed by atoms with Crippen molar-refractivity contribution in [3.63, 3.8) is 0 Å². The van der Waals surface area contributed by atoms with E-state index in [9.17, 15) is 9.18 Å². The molecule has 0 atom stereocenters. The van der Waals surface area contributed by atoms with Crippen molar-refractivity contribution in [1.29, 1.82) is 0 Å². The Labute approximate surface area is 178 Å². The first-order chi connectivity index (χ1) is 14.1. The van der Waals surface area contributed by atoms with Gasteiger partial charge in [-0.3, -0.25) is 4.79 Å². The highest BCUT2D eigenvalue weighted by atomic mass is 35.5. The fourth-order valence-corrected chi connectivity index (χ4v) is 4.90. The van der Waals surface area contributed by atoms with Gasteiger partial charge in [-0.05, 0) is 44.4 Å². The van der Waals surface area contributed by atoms with Crippen molar-refractivity contribution in [1.82, 2.24) is 9.97 Å². The molecule has 0 amide bonds. The fourth-order valence-electron chi connectivity index (χ4n) is 3.67. The zero-order chi connectivity index (χ0) is 20.2. The van der Waals surface area contributed by atoms with Crippen LogP contribution in [0.5, 0.6) is 5.75 Å². The highest BCUT2D eigenvalue weighted by molar-refractivity contribution is 7.99. The Morgan fingerprint density at radius 2 is 2.00 bits per heavy atom. The molecule has 1 aromatic heterocycles. The summed E-state index contributed by atoms with van der Waals surface area (Å²) in [6.07, 6.45) is 6.84. The third kappa shape index (κ3) is 5.64. The van der Waals surface area contributed by atoms with Crippen molar-refractivity contribution in [2.24, 2.45) is 5.92 Å². The van der Waals surface area contributed by atoms with Crippen LogP contribution in [0.3, 0.4) is 0 Å². The van der Waals surface area contributed by atoms with Crippen LogP contribution in [0.25, 0.3) is 10.9 Å². The molecule has 0 spiro atoms. The molecule has 158 valence electrons. The van der Waals surface area contributed by atoms with Gasteiger partial charge in [0.25, 0.3) is 5.56 Å². The summed E-state index contributed by atoms with van der Waals surface area (Å²) in [4.78, 5) is 19.6. The summed E-state index contributed by atoms with van der Waals surface area (Å²) >= 11 is 7.46. The van der Waals surface area contributed by atoms with Crippen molar-refractivity contribution in [2.75, 3.05) is 19.1 Å². The van der Waals surface area contributed by atoms with Gasteiger partial charge < -0.3 is 14.5 Å². The molecule has 2 fully saturated rings. The second kappa shape index (κ2) is 9.67. The molecule has 0 bridgehead atoms. The third-order valence-corrected chi connectivity index (χ3v) is 7.01. The van der Waals surface area contributed by atoms with E-state index < -0.39 is 11.4 Å². The van der Waals surface area contributed by atoms with E-state index in [2.05, 4.69) is 9.97 Å². The van der Waals surface area contributed by atoms with E-state index in [1.807, 2.05) is 0 Å². The summed E-state index contributed by atoms with van der Waals surface area (Å²) in [5, 5.41) is 0.506. The van der Waals surface area contributed by atoms with Gasteiger partial charge >= 0.3 is 0 Å². The highest BCUT2D eigenvalue weighted by Crippen LogP contribution is 2.32. The number of hydrogen-bond donors (Lipinski definition) is 1. The maximum Gasteiger partial charge on any atom is 0.261 e. The number of thioether (sulfide) groups is 1. The van der Waals surface area contributed by atoms with E-state index in [-0.39, 0.29) is 5.39 Å². The second-order valence-corrected chi connectivity index (χ2v) is 9.50. The standard InChI is InChI=1S/C21H26ClFN2O3S/c22-7-8-27-14-3-5-16(6-4-14)29-12-19-24-18-10-15(28-11-13-1-2-13)9-17(23)20(18)21(26)25-19/h9-10,13-14,16H,1-8,11-12H2,(H,24,25,26)/t14-,16-. The predicted molar refractivity (Wildman–Crippen MR) is 115 cm³/mol. The van der Waals surface area contributed by atoms with Crippen LogP contribution in [0.2, 0.25) is 0 Å². The lowest BCUT2D eigenvalue weighted by Crippen LogP contribution is -2.24. The third-order valence-electron chi connectivity index (χ3n) is 5.47. The first-order valence-corrected chi connectivity index (χ1v) is 11.8. The lowest BCUT2D eigenvalue weighted by molar-refractivity contribution is 0.0391. The summed E-state index contributed by atoms with van der Waals surface area (Å²) in [5.74, 6) is 2.13. The number of hydrogen-bond acceptors (Lipinski definition) is 5. The van der Waals surface area contributed by atoms with Crippen molar-refractivity contribution in [2.45, 2.75) is 55.6 Å². The molecule has 5 nitrogen and oxygen atoms in total. The van der Waals surface area contributed by atoms with Gasteiger partial charge in [0.05, 0.1) is 30.6 Å². The average Bonchev–Trinajstić information content (AvgIpc) is 3.54. The van der Waals surface area contributed by atoms with Crippen molar-refractivity contribution in [3.8, 4) is 5.75 Å². The van der Waals surface area contributed by atoms with E-state index in [0.29, 0.717) is 59.2 Å². The van der Waals surface area contributed by atoms with Crippen LogP contribution in [-0.4, -0.2) is 40.4 Å². The number of H-pyrrole nitrogens is 1. The van der Waals surface area contributed by atoms with Gasteiger partial charge in [0.15, 0.2) is 0 Å². The molecule has 1 N–H and O–H groups in total. The van der Waals surface area contributed by atoms with Gasteiger partial charge in [0.2, 0.25) is 0 Å². The fraction of sp³-hybridized carbons (Fsp3) is 0.619. The molecule has 0 saturated heterocycles. The van der Waals surface area contributed by atoms with Crippen LogP contribution in [0.15, 0.2) is 16.9 Å². The summed E-state index contributed by atoms with van der Waals surface area (Å²) in [6, 6.07) is 2.95. The molecule has 29 heavy (non-hydrogen) atoms. The maximum atomic E-state index is 14.4. The Hall–Kier alpha value is -1.31. The smallest absolute Gasteiger partial charge is 0.261 e. The van der Waals surface area contributed by atoms with Crippen LogP contribution in [-0.2, 0) is 10.5 Å². The average molecular weight is 441 g/mol. The Bertz CT molecular complexity index is 897. The van der Waals surface area contributed by atoms with Gasteiger partial charge in [-0.25, -0.2) is 9.37 Å². The number of ether oxygens (including phenoxy) is 2. The topological polar surface area (TPSA) is 64.2 Å². The minimum absolute atomic E-state index is 0.00512. The maximum absolute atomic E-state index is 14.4. The second-order valence-electron chi connectivity index (χ2n) is 7.84. The molecule has 0 radical (unpaired) electrons.